The van der Waals surface area contributed by atoms with Crippen LogP contribution in [0, 0.1) is 0 Å². The van der Waals surface area contributed by atoms with Gasteiger partial charge in [0.25, 0.3) is 6.02 Å². The van der Waals surface area contributed by atoms with Gasteiger partial charge >= 0.3 is 0 Å². The second kappa shape index (κ2) is 6.13. The molecular weight excluding hydrogens is 312 g/mol. The maximum absolute atomic E-state index is 6.06. The van der Waals surface area contributed by atoms with Crippen molar-refractivity contribution in [1.29, 1.82) is 0 Å². The third kappa shape index (κ3) is 2.60. The predicted octanol–water partition coefficient (Wildman–Crippen LogP) is 4.25. The fraction of sp³-hybridized carbons (Fsp3) is 0.190. The summed E-state index contributed by atoms with van der Waals surface area (Å²) in [5.41, 5.74) is 2.11. The number of para-hydroxylation sites is 1. The van der Waals surface area contributed by atoms with E-state index in [2.05, 4.69) is 24.3 Å². The number of ether oxygens (including phenoxy) is 2. The van der Waals surface area contributed by atoms with Crippen LogP contribution in [0.4, 0.5) is 0 Å². The number of benzene rings is 3. The van der Waals surface area contributed by atoms with E-state index in [0.29, 0.717) is 6.02 Å². The maximum Gasteiger partial charge on any atom is 0.293 e. The zero-order valence-corrected chi connectivity index (χ0v) is 14.6. The van der Waals surface area contributed by atoms with Crippen molar-refractivity contribution in [3.63, 3.8) is 0 Å². The Kier molecular flexibility index (Phi) is 3.80. The molecule has 0 radical (unpaired) electrons. The Balaban J connectivity index is 2.01. The lowest BCUT2D eigenvalue weighted by Crippen LogP contribution is -2.31. The highest BCUT2D eigenvalue weighted by Gasteiger charge is 2.29. The molecule has 0 spiro atoms. The molecule has 1 aliphatic rings. The van der Waals surface area contributed by atoms with E-state index >= 15 is 0 Å². The van der Waals surface area contributed by atoms with Crippen molar-refractivity contribution in [1.82, 2.24) is 4.90 Å². The minimum Gasteiger partial charge on any atom is -0.496 e. The molecule has 25 heavy (non-hydrogen) atoms. The van der Waals surface area contributed by atoms with E-state index in [4.69, 9.17) is 14.5 Å². The lowest BCUT2D eigenvalue weighted by atomic mass is 9.92. The topological polar surface area (TPSA) is 34.1 Å². The summed E-state index contributed by atoms with van der Waals surface area (Å²) in [6, 6.07) is 20.9. The van der Waals surface area contributed by atoms with E-state index in [1.165, 1.54) is 5.39 Å². The molecule has 0 bridgehead atoms. The quantitative estimate of drug-likeness (QED) is 0.703. The van der Waals surface area contributed by atoms with Gasteiger partial charge in [-0.3, -0.25) is 0 Å². The Labute approximate surface area is 147 Å². The summed E-state index contributed by atoms with van der Waals surface area (Å²) < 4.78 is 11.7. The second-order valence-electron chi connectivity index (χ2n) is 6.25. The van der Waals surface area contributed by atoms with Gasteiger partial charge < -0.3 is 14.4 Å². The molecule has 0 amide bonds. The number of hydrogen-bond acceptors (Lipinski definition) is 4. The number of rotatable bonds is 2. The molecule has 3 aromatic rings. The predicted molar refractivity (Wildman–Crippen MR) is 101 cm³/mol. The highest BCUT2D eigenvalue weighted by Crippen LogP contribution is 2.43. The van der Waals surface area contributed by atoms with Gasteiger partial charge in [0, 0.05) is 25.2 Å². The highest BCUT2D eigenvalue weighted by atomic mass is 16.5. The molecular formula is C21H20N2O2. The largest absolute Gasteiger partial charge is 0.496 e. The van der Waals surface area contributed by atoms with Gasteiger partial charge in [-0.25, -0.2) is 4.99 Å². The van der Waals surface area contributed by atoms with Crippen molar-refractivity contribution in [2.45, 2.75) is 6.04 Å². The summed E-state index contributed by atoms with van der Waals surface area (Å²) in [6.45, 7) is 0. The molecule has 1 heterocycles. The van der Waals surface area contributed by atoms with Crippen molar-refractivity contribution in [3.05, 3.63) is 71.8 Å². The fourth-order valence-corrected chi connectivity index (χ4v) is 3.27. The summed E-state index contributed by atoms with van der Waals surface area (Å²) in [7, 11) is 5.56. The Bertz CT molecular complexity index is 963. The minimum absolute atomic E-state index is 0.177. The van der Waals surface area contributed by atoms with Gasteiger partial charge in [-0.1, -0.05) is 48.5 Å². The summed E-state index contributed by atoms with van der Waals surface area (Å²) in [6.07, 6.45) is 0. The van der Waals surface area contributed by atoms with Gasteiger partial charge in [-0.15, -0.1) is 0 Å². The number of hydrogen-bond donors (Lipinski definition) is 0. The normalized spacial score (nSPS) is 16.0. The molecule has 1 unspecified atom stereocenters. The first-order valence-corrected chi connectivity index (χ1v) is 8.26. The van der Waals surface area contributed by atoms with Gasteiger partial charge in [0.1, 0.15) is 17.5 Å². The number of fused-ring (bicyclic) bond motifs is 3. The van der Waals surface area contributed by atoms with Gasteiger partial charge in [0.2, 0.25) is 0 Å². The van der Waals surface area contributed by atoms with E-state index in [1.54, 1.807) is 7.11 Å². The molecule has 1 atom stereocenters. The van der Waals surface area contributed by atoms with Crippen LogP contribution in [0.15, 0.2) is 65.7 Å². The van der Waals surface area contributed by atoms with Crippen LogP contribution >= 0.6 is 0 Å². The standard InChI is InChI=1S/C21H20N2O2/c1-23(2)21-22-20(16-10-6-7-11-17(16)24-3)19-15-9-5-4-8-14(15)12-13-18(19)25-21/h4-13,20H,1-3H3. The Morgan fingerprint density at radius 1 is 0.960 bits per heavy atom. The first-order chi connectivity index (χ1) is 12.2. The average molecular weight is 332 g/mol. The molecule has 126 valence electrons. The highest BCUT2D eigenvalue weighted by molar-refractivity contribution is 5.91. The first kappa shape index (κ1) is 15.5. The van der Waals surface area contributed by atoms with E-state index in [1.807, 2.05) is 55.4 Å². The molecule has 4 rings (SSSR count). The molecule has 0 aromatic heterocycles. The lowest BCUT2D eigenvalue weighted by molar-refractivity contribution is 0.394. The molecule has 0 saturated heterocycles. The van der Waals surface area contributed by atoms with E-state index in [9.17, 15) is 0 Å². The summed E-state index contributed by atoms with van der Waals surface area (Å²) in [5, 5.41) is 2.32. The average Bonchev–Trinajstić information content (AvgIpc) is 2.66. The zero-order valence-electron chi connectivity index (χ0n) is 14.6. The van der Waals surface area contributed by atoms with Crippen LogP contribution in [0.3, 0.4) is 0 Å². The molecule has 0 fully saturated rings. The van der Waals surface area contributed by atoms with Gasteiger partial charge in [0.15, 0.2) is 0 Å². The summed E-state index contributed by atoms with van der Waals surface area (Å²) >= 11 is 0. The number of nitrogens with zero attached hydrogens (tertiary/aromatic N) is 2. The Hall–Kier alpha value is -3.01. The second-order valence-corrected chi connectivity index (χ2v) is 6.25. The zero-order chi connectivity index (χ0) is 17.4. The Morgan fingerprint density at radius 2 is 1.72 bits per heavy atom. The number of aliphatic imine (C=N–C) groups is 1. The van der Waals surface area contributed by atoms with Gasteiger partial charge in [-0.2, -0.15) is 0 Å². The van der Waals surface area contributed by atoms with Crippen molar-refractivity contribution in [2.24, 2.45) is 4.99 Å². The van der Waals surface area contributed by atoms with Crippen LogP contribution in [0.25, 0.3) is 10.8 Å². The Morgan fingerprint density at radius 3 is 2.52 bits per heavy atom. The van der Waals surface area contributed by atoms with Crippen LogP contribution in [0.1, 0.15) is 17.2 Å². The lowest BCUT2D eigenvalue weighted by Gasteiger charge is -2.29. The maximum atomic E-state index is 6.06. The van der Waals surface area contributed by atoms with E-state index in [0.717, 1.165) is 28.0 Å². The first-order valence-electron chi connectivity index (χ1n) is 8.26. The summed E-state index contributed by atoms with van der Waals surface area (Å²) in [5.74, 6) is 1.67. The van der Waals surface area contributed by atoms with E-state index < -0.39 is 0 Å². The SMILES string of the molecule is COc1ccccc1C1N=C(N(C)C)Oc2ccc3ccccc3c21. The van der Waals surface area contributed by atoms with Gasteiger partial charge in [0.05, 0.1) is 7.11 Å². The molecule has 4 heteroatoms. The number of amidine groups is 1. The van der Waals surface area contributed by atoms with Gasteiger partial charge in [-0.05, 0) is 22.9 Å². The van der Waals surface area contributed by atoms with Crippen molar-refractivity contribution in [3.8, 4) is 11.5 Å². The molecule has 4 nitrogen and oxygen atoms in total. The molecule has 1 aliphatic heterocycles. The molecule has 0 aliphatic carbocycles. The van der Waals surface area contributed by atoms with Crippen molar-refractivity contribution >= 4 is 16.8 Å². The molecule has 0 saturated carbocycles. The number of methoxy groups -OCH3 is 1. The van der Waals surface area contributed by atoms with Crippen molar-refractivity contribution in [2.75, 3.05) is 21.2 Å². The van der Waals surface area contributed by atoms with Crippen LogP contribution in [-0.4, -0.2) is 32.1 Å². The minimum atomic E-state index is -0.177. The van der Waals surface area contributed by atoms with Crippen LogP contribution in [-0.2, 0) is 0 Å². The fourth-order valence-electron chi connectivity index (χ4n) is 3.27. The van der Waals surface area contributed by atoms with E-state index in [-0.39, 0.29) is 6.04 Å². The molecule has 3 aromatic carbocycles. The monoisotopic (exact) mass is 332 g/mol. The summed E-state index contributed by atoms with van der Waals surface area (Å²) in [4.78, 5) is 6.78. The molecule has 0 N–H and O–H groups in total. The third-order valence-corrected chi connectivity index (χ3v) is 4.46. The van der Waals surface area contributed by atoms with Crippen LogP contribution in [0.5, 0.6) is 11.5 Å². The smallest absolute Gasteiger partial charge is 0.293 e. The third-order valence-electron chi connectivity index (χ3n) is 4.46. The van der Waals surface area contributed by atoms with Crippen molar-refractivity contribution < 1.29 is 9.47 Å². The van der Waals surface area contributed by atoms with Crippen LogP contribution in [0.2, 0.25) is 0 Å². The van der Waals surface area contributed by atoms with Crippen LogP contribution < -0.4 is 9.47 Å².